The third-order valence-electron chi connectivity index (χ3n) is 5.66. The molecule has 0 spiro atoms. The lowest BCUT2D eigenvalue weighted by atomic mass is 9.75. The van der Waals surface area contributed by atoms with Crippen molar-refractivity contribution >= 4 is 10.9 Å². The number of nitrogens with zero attached hydrogens (tertiary/aromatic N) is 5. The van der Waals surface area contributed by atoms with Crippen LogP contribution in [0, 0.1) is 5.92 Å². The van der Waals surface area contributed by atoms with Crippen LogP contribution in [0.2, 0.25) is 0 Å². The summed E-state index contributed by atoms with van der Waals surface area (Å²) in [6.45, 7) is -0.191. The van der Waals surface area contributed by atoms with Gasteiger partial charge in [0.25, 0.3) is 5.95 Å². The summed E-state index contributed by atoms with van der Waals surface area (Å²) in [5.74, 6) is -2.52. The fraction of sp³-hybridized carbons (Fsp3) is 0.273. The van der Waals surface area contributed by atoms with E-state index in [1.807, 2.05) is 30.3 Å². The van der Waals surface area contributed by atoms with Crippen molar-refractivity contribution in [2.24, 2.45) is 11.7 Å². The molecule has 3 aromatic heterocycles. The average Bonchev–Trinajstić information content (AvgIpc) is 3.20. The van der Waals surface area contributed by atoms with Crippen LogP contribution in [-0.4, -0.2) is 35.8 Å². The fourth-order valence-corrected chi connectivity index (χ4v) is 3.91. The number of pyridine rings is 1. The first-order valence-electron chi connectivity index (χ1n) is 9.95. The summed E-state index contributed by atoms with van der Waals surface area (Å²) >= 11 is 0. The van der Waals surface area contributed by atoms with Gasteiger partial charge in [-0.1, -0.05) is 18.2 Å². The van der Waals surface area contributed by atoms with Crippen LogP contribution < -0.4 is 5.73 Å². The molecule has 0 aliphatic heterocycles. The second-order valence-electron chi connectivity index (χ2n) is 7.83. The minimum Gasteiger partial charge on any atom is -0.390 e. The molecule has 1 aliphatic rings. The van der Waals surface area contributed by atoms with Crippen molar-refractivity contribution in [3.8, 4) is 17.2 Å². The Morgan fingerprint density at radius 2 is 2.00 bits per heavy atom. The maximum atomic E-state index is 13.2. The van der Waals surface area contributed by atoms with Crippen molar-refractivity contribution in [1.29, 1.82) is 0 Å². The van der Waals surface area contributed by atoms with Gasteiger partial charge in [0.2, 0.25) is 5.92 Å². The largest absolute Gasteiger partial charge is 0.390 e. The third-order valence-corrected chi connectivity index (χ3v) is 5.66. The van der Waals surface area contributed by atoms with Crippen molar-refractivity contribution in [3.63, 3.8) is 0 Å². The summed E-state index contributed by atoms with van der Waals surface area (Å²) in [6.07, 6.45) is 2.89. The predicted octanol–water partition coefficient (Wildman–Crippen LogP) is 3.41. The molecule has 1 aromatic carbocycles. The lowest BCUT2D eigenvalue weighted by Gasteiger charge is -2.38. The maximum absolute atomic E-state index is 13.2. The van der Waals surface area contributed by atoms with Crippen LogP contribution in [0.3, 0.4) is 0 Å². The Labute approximate surface area is 176 Å². The first-order valence-corrected chi connectivity index (χ1v) is 9.95. The number of aliphatic hydroxyl groups is 1. The Bertz CT molecular complexity index is 1250. The molecule has 1 aliphatic carbocycles. The number of fused-ring (bicyclic) bond motifs is 1. The normalized spacial score (nSPS) is 16.9. The number of hydrogen-bond donors (Lipinski definition) is 2. The monoisotopic (exact) mass is 422 g/mol. The molecule has 0 bridgehead atoms. The number of nitrogens with two attached hydrogens (primary N) is 1. The molecule has 31 heavy (non-hydrogen) atoms. The van der Waals surface area contributed by atoms with Crippen LogP contribution in [-0.2, 0) is 6.61 Å². The molecule has 0 saturated heterocycles. The lowest BCUT2D eigenvalue weighted by Crippen LogP contribution is -2.41. The van der Waals surface area contributed by atoms with Gasteiger partial charge in [-0.25, -0.2) is 18.7 Å². The van der Waals surface area contributed by atoms with E-state index in [9.17, 15) is 13.9 Å². The second-order valence-corrected chi connectivity index (χ2v) is 7.83. The number of aromatic nitrogens is 5. The van der Waals surface area contributed by atoms with Gasteiger partial charge < -0.3 is 10.8 Å². The molecule has 1 saturated carbocycles. The molecule has 4 aromatic rings. The Morgan fingerprint density at radius 1 is 1.16 bits per heavy atom. The number of benzene rings is 1. The van der Waals surface area contributed by atoms with Gasteiger partial charge in [-0.05, 0) is 30.2 Å². The summed E-state index contributed by atoms with van der Waals surface area (Å²) in [4.78, 5) is 13.2. The third kappa shape index (κ3) is 3.66. The Hall–Kier alpha value is -3.30. The van der Waals surface area contributed by atoms with Gasteiger partial charge in [0.1, 0.15) is 0 Å². The zero-order valence-electron chi connectivity index (χ0n) is 16.5. The predicted molar refractivity (Wildman–Crippen MR) is 110 cm³/mol. The summed E-state index contributed by atoms with van der Waals surface area (Å²) in [5.41, 5.74) is 9.63. The standard InChI is InChI=1S/C22H20F2N6O/c23-22(24)9-15(10-22)20(25)18-3-1-2-17(29-18)13-4-5-14-11-27-30(19(14)8-13)21-26-7-6-16(12-31)28-21/h1-8,11,15,20,31H,9-10,12,25H2/t20-/m1/s1. The summed E-state index contributed by atoms with van der Waals surface area (Å²) in [7, 11) is 0. The molecule has 5 rings (SSSR count). The van der Waals surface area contributed by atoms with Crippen molar-refractivity contribution in [2.45, 2.75) is 31.4 Å². The van der Waals surface area contributed by atoms with Crippen molar-refractivity contribution < 1.29 is 13.9 Å². The zero-order valence-corrected chi connectivity index (χ0v) is 16.5. The first-order chi connectivity index (χ1) is 14.9. The number of alkyl halides is 2. The number of halogens is 2. The fourth-order valence-electron chi connectivity index (χ4n) is 3.91. The van der Waals surface area contributed by atoms with E-state index in [1.165, 1.54) is 0 Å². The lowest BCUT2D eigenvalue weighted by molar-refractivity contribution is -0.117. The van der Waals surface area contributed by atoms with Crippen LogP contribution in [0.25, 0.3) is 28.1 Å². The van der Waals surface area contributed by atoms with Gasteiger partial charge in [-0.3, -0.25) is 4.98 Å². The second kappa shape index (κ2) is 7.44. The quantitative estimate of drug-likeness (QED) is 0.511. The molecule has 0 radical (unpaired) electrons. The molecule has 9 heteroatoms. The SMILES string of the molecule is N[C@@H](c1cccc(-c2ccc3cnn(-c4nccc(CO)n4)c3c2)n1)C1CC(F)(F)C1. The molecular formula is C22H20F2N6O. The summed E-state index contributed by atoms with van der Waals surface area (Å²) in [6, 6.07) is 12.4. The van der Waals surface area contributed by atoms with Crippen LogP contribution in [0.15, 0.2) is 54.9 Å². The van der Waals surface area contributed by atoms with Crippen molar-refractivity contribution in [3.05, 3.63) is 66.2 Å². The van der Waals surface area contributed by atoms with E-state index in [0.717, 1.165) is 16.5 Å². The van der Waals surface area contributed by atoms with Gasteiger partial charge in [-0.15, -0.1) is 0 Å². The van der Waals surface area contributed by atoms with E-state index >= 15 is 0 Å². The van der Waals surface area contributed by atoms with Gasteiger partial charge in [0, 0.05) is 30.0 Å². The van der Waals surface area contributed by atoms with Crippen molar-refractivity contribution in [1.82, 2.24) is 24.7 Å². The Balaban J connectivity index is 1.50. The van der Waals surface area contributed by atoms with E-state index in [0.29, 0.717) is 23.0 Å². The highest BCUT2D eigenvalue weighted by Crippen LogP contribution is 2.47. The molecule has 7 nitrogen and oxygen atoms in total. The van der Waals surface area contributed by atoms with E-state index < -0.39 is 12.0 Å². The van der Waals surface area contributed by atoms with E-state index in [2.05, 4.69) is 20.1 Å². The highest BCUT2D eigenvalue weighted by atomic mass is 19.3. The van der Waals surface area contributed by atoms with Gasteiger partial charge in [-0.2, -0.15) is 9.78 Å². The maximum Gasteiger partial charge on any atom is 0.251 e. The molecule has 0 unspecified atom stereocenters. The first kappa shape index (κ1) is 19.7. The minimum atomic E-state index is -2.61. The topological polar surface area (TPSA) is 103 Å². The molecule has 3 heterocycles. The highest BCUT2D eigenvalue weighted by Gasteiger charge is 2.48. The molecular weight excluding hydrogens is 402 g/mol. The minimum absolute atomic E-state index is 0.191. The summed E-state index contributed by atoms with van der Waals surface area (Å²) < 4.78 is 28.1. The number of hydrogen-bond acceptors (Lipinski definition) is 6. The van der Waals surface area contributed by atoms with Crippen molar-refractivity contribution in [2.75, 3.05) is 0 Å². The molecule has 158 valence electrons. The van der Waals surface area contributed by atoms with E-state index in [1.54, 1.807) is 29.2 Å². The van der Waals surface area contributed by atoms with E-state index in [-0.39, 0.29) is 25.4 Å². The van der Waals surface area contributed by atoms with Gasteiger partial charge in [0.05, 0.1) is 41.4 Å². The zero-order chi connectivity index (χ0) is 21.6. The smallest absolute Gasteiger partial charge is 0.251 e. The van der Waals surface area contributed by atoms with E-state index in [4.69, 9.17) is 5.73 Å². The Morgan fingerprint density at radius 3 is 2.77 bits per heavy atom. The van der Waals surface area contributed by atoms with Gasteiger partial charge in [0.15, 0.2) is 0 Å². The molecule has 1 atom stereocenters. The highest BCUT2D eigenvalue weighted by molar-refractivity contribution is 5.84. The molecule has 1 fully saturated rings. The van der Waals surface area contributed by atoms with Crippen LogP contribution in [0.1, 0.15) is 30.3 Å². The van der Waals surface area contributed by atoms with Crippen LogP contribution >= 0.6 is 0 Å². The molecule has 0 amide bonds. The van der Waals surface area contributed by atoms with Crippen LogP contribution in [0.4, 0.5) is 8.78 Å². The molecule has 3 N–H and O–H groups in total. The van der Waals surface area contributed by atoms with Crippen LogP contribution in [0.5, 0.6) is 0 Å². The van der Waals surface area contributed by atoms with Gasteiger partial charge >= 0.3 is 0 Å². The Kier molecular flexibility index (Phi) is 4.71. The number of aliphatic hydroxyl groups excluding tert-OH is 1. The summed E-state index contributed by atoms with van der Waals surface area (Å²) in [5, 5.41) is 14.6. The average molecular weight is 422 g/mol. The number of rotatable bonds is 5.